The van der Waals surface area contributed by atoms with Crippen molar-refractivity contribution in [2.75, 3.05) is 0 Å². The van der Waals surface area contributed by atoms with E-state index >= 15 is 0 Å². The van der Waals surface area contributed by atoms with Gasteiger partial charge in [-0.15, -0.1) is 0 Å². The van der Waals surface area contributed by atoms with Crippen LogP contribution < -0.4 is 0 Å². The van der Waals surface area contributed by atoms with E-state index in [1.807, 2.05) is 27.7 Å². The van der Waals surface area contributed by atoms with Crippen LogP contribution in [0.3, 0.4) is 0 Å². The lowest BCUT2D eigenvalue weighted by Crippen LogP contribution is -2.76. The number of aromatic nitrogens is 1. The summed E-state index contributed by atoms with van der Waals surface area (Å²) >= 11 is 0. The van der Waals surface area contributed by atoms with Crippen LogP contribution in [0.2, 0.25) is 0 Å². The molecule has 1 spiro atoms. The minimum atomic E-state index is -1.37. The number of hydrogen-bond donors (Lipinski definition) is 0. The van der Waals surface area contributed by atoms with Gasteiger partial charge < -0.3 is 23.7 Å². The molecule has 2 aromatic carbocycles. The second-order valence-electron chi connectivity index (χ2n) is 13.4. The van der Waals surface area contributed by atoms with Gasteiger partial charge in [0.2, 0.25) is 0 Å². The first-order valence-corrected chi connectivity index (χ1v) is 15.9. The molecule has 47 heavy (non-hydrogen) atoms. The molecule has 0 radical (unpaired) electrons. The van der Waals surface area contributed by atoms with E-state index in [4.69, 9.17) is 23.7 Å². The second-order valence-corrected chi connectivity index (χ2v) is 13.4. The number of pyridine rings is 1. The van der Waals surface area contributed by atoms with Crippen LogP contribution in [0.25, 0.3) is 0 Å². The highest BCUT2D eigenvalue weighted by atomic mass is 16.6. The maximum atomic E-state index is 13.8. The molecule has 10 heteroatoms. The monoisotopic (exact) mass is 641 g/mol. The summed E-state index contributed by atoms with van der Waals surface area (Å²) in [4.78, 5) is 58.1. The van der Waals surface area contributed by atoms with Crippen molar-refractivity contribution in [3.8, 4) is 0 Å². The van der Waals surface area contributed by atoms with Crippen LogP contribution in [-0.4, -0.2) is 64.5 Å². The summed E-state index contributed by atoms with van der Waals surface area (Å²) in [6, 6.07) is 20.3. The van der Waals surface area contributed by atoms with Crippen molar-refractivity contribution in [2.24, 2.45) is 17.3 Å². The molecule has 1 saturated heterocycles. The first-order chi connectivity index (χ1) is 22.4. The van der Waals surface area contributed by atoms with Crippen LogP contribution >= 0.6 is 0 Å². The van der Waals surface area contributed by atoms with Crippen molar-refractivity contribution in [3.63, 3.8) is 0 Å². The van der Waals surface area contributed by atoms with Gasteiger partial charge in [0.15, 0.2) is 6.10 Å². The van der Waals surface area contributed by atoms with Crippen molar-refractivity contribution in [3.05, 3.63) is 102 Å². The molecule has 2 aliphatic carbocycles. The van der Waals surface area contributed by atoms with Crippen LogP contribution in [-0.2, 0) is 28.5 Å². The van der Waals surface area contributed by atoms with E-state index < -0.39 is 70.8 Å². The Morgan fingerprint density at radius 2 is 1.28 bits per heavy atom. The van der Waals surface area contributed by atoms with Crippen LogP contribution in [0, 0.1) is 17.3 Å². The fraction of sp³-hybridized carbons (Fsp3) is 0.432. The summed E-state index contributed by atoms with van der Waals surface area (Å²) in [6.45, 7) is 8.80. The fourth-order valence-electron chi connectivity index (χ4n) is 8.25. The Morgan fingerprint density at radius 1 is 0.723 bits per heavy atom. The zero-order chi connectivity index (χ0) is 33.6. The first kappa shape index (κ1) is 32.4. The van der Waals surface area contributed by atoms with Gasteiger partial charge in [-0.1, -0.05) is 43.3 Å². The van der Waals surface area contributed by atoms with Crippen molar-refractivity contribution >= 4 is 23.9 Å². The summed E-state index contributed by atoms with van der Waals surface area (Å²) < 4.78 is 32.3. The lowest BCUT2D eigenvalue weighted by atomic mass is 9.48. The maximum Gasteiger partial charge on any atom is 0.340 e. The summed E-state index contributed by atoms with van der Waals surface area (Å²) in [5.74, 6) is -3.49. The van der Waals surface area contributed by atoms with Crippen LogP contribution in [0.1, 0.15) is 78.5 Å². The number of nitrogens with zero attached hydrogens (tertiary/aromatic N) is 1. The van der Waals surface area contributed by atoms with E-state index in [1.165, 1.54) is 13.1 Å². The van der Waals surface area contributed by atoms with Crippen molar-refractivity contribution < 1.29 is 42.9 Å². The van der Waals surface area contributed by atoms with Crippen molar-refractivity contribution in [2.45, 2.75) is 83.1 Å². The van der Waals surface area contributed by atoms with E-state index in [9.17, 15) is 19.2 Å². The van der Waals surface area contributed by atoms with Gasteiger partial charge in [0.25, 0.3) is 0 Å². The van der Waals surface area contributed by atoms with Crippen LogP contribution in [0.5, 0.6) is 0 Å². The predicted molar refractivity (Wildman–Crippen MR) is 168 cm³/mol. The topological polar surface area (TPSA) is 127 Å². The van der Waals surface area contributed by atoms with Crippen LogP contribution in [0.15, 0.2) is 85.2 Å². The largest absolute Gasteiger partial charge is 0.458 e. The van der Waals surface area contributed by atoms with Crippen molar-refractivity contribution in [1.29, 1.82) is 0 Å². The number of rotatable bonds is 7. The van der Waals surface area contributed by atoms with E-state index in [2.05, 4.69) is 4.98 Å². The van der Waals surface area contributed by atoms with Gasteiger partial charge in [0, 0.05) is 19.3 Å². The second kappa shape index (κ2) is 12.2. The van der Waals surface area contributed by atoms with E-state index in [-0.39, 0.29) is 11.5 Å². The van der Waals surface area contributed by atoms with Gasteiger partial charge in [-0.3, -0.25) is 9.78 Å². The minimum absolute atomic E-state index is 0.236. The molecular formula is C37H39NO9. The summed E-state index contributed by atoms with van der Waals surface area (Å²) in [7, 11) is 0. The normalized spacial score (nSPS) is 31.9. The lowest BCUT2D eigenvalue weighted by Gasteiger charge is -2.62. The number of carbonyl (C=O) groups excluding carboxylic acids is 4. The van der Waals surface area contributed by atoms with E-state index in [0.717, 1.165) is 0 Å². The third-order valence-corrected chi connectivity index (χ3v) is 10.3. The maximum absolute atomic E-state index is 13.8. The van der Waals surface area contributed by atoms with E-state index in [0.29, 0.717) is 24.0 Å². The quantitative estimate of drug-likeness (QED) is 0.238. The summed E-state index contributed by atoms with van der Waals surface area (Å²) in [6.07, 6.45) is -0.266. The zero-order valence-corrected chi connectivity index (χ0v) is 27.1. The predicted octanol–water partition coefficient (Wildman–Crippen LogP) is 5.60. The molecule has 1 aliphatic heterocycles. The van der Waals surface area contributed by atoms with Gasteiger partial charge in [-0.25, -0.2) is 14.4 Å². The Balaban J connectivity index is 1.53. The number of ether oxygens (including phenoxy) is 5. The molecule has 10 nitrogen and oxygen atoms in total. The Morgan fingerprint density at radius 3 is 1.85 bits per heavy atom. The Bertz CT molecular complexity index is 1650. The zero-order valence-electron chi connectivity index (χ0n) is 27.1. The average molecular weight is 642 g/mol. The molecule has 3 fully saturated rings. The molecule has 0 amide bonds. The molecule has 0 unspecified atom stereocenters. The number of esters is 4. The molecule has 3 aliphatic rings. The minimum Gasteiger partial charge on any atom is -0.458 e. The standard InChI is InChI=1S/C37H39NO9/c1-22-18-19-27(44-32(40)24-13-8-6-9-14-24)36(5)31(46-33(41)25-15-10-7-11-16-25)29(43-23(2)39)28-30(37(22,36)47-35(28,3)4)45-34(42)26-17-12-20-38-21-26/h6-17,20-22,27-31H,18-19H2,1-5H3/t22-,27+,28-,29-,30-,31-,36+,37-/m1/s1. The third-order valence-electron chi connectivity index (χ3n) is 10.3. The molecule has 2 heterocycles. The summed E-state index contributed by atoms with van der Waals surface area (Å²) in [5.41, 5.74) is -2.87. The molecule has 2 bridgehead atoms. The highest BCUT2D eigenvalue weighted by Gasteiger charge is 2.82. The highest BCUT2D eigenvalue weighted by Crippen LogP contribution is 2.68. The number of fused-ring (bicyclic) bond motifs is 1. The lowest BCUT2D eigenvalue weighted by molar-refractivity contribution is -0.293. The number of hydrogen-bond acceptors (Lipinski definition) is 10. The smallest absolute Gasteiger partial charge is 0.340 e. The highest BCUT2D eigenvalue weighted by molar-refractivity contribution is 5.91. The molecular weight excluding hydrogens is 602 g/mol. The average Bonchev–Trinajstić information content (AvgIpc) is 3.27. The molecule has 8 atom stereocenters. The third kappa shape index (κ3) is 5.38. The number of benzene rings is 2. The fourth-order valence-corrected chi connectivity index (χ4v) is 8.25. The van der Waals surface area contributed by atoms with Gasteiger partial charge in [-0.2, -0.15) is 0 Å². The first-order valence-electron chi connectivity index (χ1n) is 15.9. The molecule has 6 rings (SSSR count). The Kier molecular flexibility index (Phi) is 8.42. The Labute approximate surface area is 273 Å². The number of carbonyl (C=O) groups is 4. The van der Waals surface area contributed by atoms with Crippen LogP contribution in [0.4, 0.5) is 0 Å². The van der Waals surface area contributed by atoms with Gasteiger partial charge in [0.1, 0.15) is 23.9 Å². The molecule has 1 aromatic heterocycles. The summed E-state index contributed by atoms with van der Waals surface area (Å²) in [5, 5.41) is 0. The van der Waals surface area contributed by atoms with E-state index in [1.54, 1.807) is 79.0 Å². The van der Waals surface area contributed by atoms with Crippen molar-refractivity contribution in [1.82, 2.24) is 4.98 Å². The van der Waals surface area contributed by atoms with Gasteiger partial charge >= 0.3 is 23.9 Å². The molecule has 246 valence electrons. The molecule has 2 saturated carbocycles. The molecule has 3 aromatic rings. The molecule has 0 N–H and O–H groups in total. The Hall–Kier alpha value is -4.57. The SMILES string of the molecule is CC(=O)O[C@@H]1[C@@H]2[C@@H](OC(=O)c3cccnc3)[C@]3(OC2(C)C)[C@H](C)CC[C@H](OC(=O)c2ccccc2)[C@@]3(C)[C@@H]1OC(=O)c1ccccc1. The van der Waals surface area contributed by atoms with Gasteiger partial charge in [0.05, 0.1) is 33.6 Å². The van der Waals surface area contributed by atoms with Gasteiger partial charge in [-0.05, 0) is 75.9 Å².